The Bertz CT molecular complexity index is 196. The van der Waals surface area contributed by atoms with E-state index in [1.165, 1.54) is 6.42 Å². The molecular weight excluding hydrogens is 188 g/mol. The summed E-state index contributed by atoms with van der Waals surface area (Å²) in [5, 5.41) is 10.6. The highest BCUT2D eigenvalue weighted by molar-refractivity contribution is 4.97. The van der Waals surface area contributed by atoms with Crippen LogP contribution >= 0.6 is 0 Å². The first-order valence-corrected chi connectivity index (χ1v) is 6.10. The summed E-state index contributed by atoms with van der Waals surface area (Å²) in [5.41, 5.74) is 5.02. The SMILES string of the molecule is CCCN1CCC(O)(C(C)(C)CN)CC1. The Kier molecular flexibility index (Phi) is 4.15. The van der Waals surface area contributed by atoms with Crippen LogP contribution in [-0.2, 0) is 0 Å². The van der Waals surface area contributed by atoms with E-state index in [0.717, 1.165) is 32.5 Å². The Balaban J connectivity index is 2.54. The van der Waals surface area contributed by atoms with E-state index in [4.69, 9.17) is 5.73 Å². The highest BCUT2D eigenvalue weighted by atomic mass is 16.3. The zero-order valence-corrected chi connectivity index (χ0v) is 10.4. The number of aliphatic hydroxyl groups is 1. The lowest BCUT2D eigenvalue weighted by Crippen LogP contribution is -2.55. The number of nitrogens with two attached hydrogens (primary N) is 1. The van der Waals surface area contributed by atoms with E-state index >= 15 is 0 Å². The van der Waals surface area contributed by atoms with Crippen molar-refractivity contribution in [3.8, 4) is 0 Å². The van der Waals surface area contributed by atoms with E-state index in [1.54, 1.807) is 0 Å². The number of hydrogen-bond acceptors (Lipinski definition) is 3. The van der Waals surface area contributed by atoms with Gasteiger partial charge in [0, 0.05) is 25.0 Å². The molecule has 0 radical (unpaired) electrons. The molecule has 1 saturated heterocycles. The summed E-state index contributed by atoms with van der Waals surface area (Å²) in [5.74, 6) is 0. The molecule has 0 aromatic heterocycles. The molecule has 1 aliphatic heterocycles. The van der Waals surface area contributed by atoms with Crippen molar-refractivity contribution in [2.45, 2.75) is 45.6 Å². The molecule has 0 bridgehead atoms. The summed E-state index contributed by atoms with van der Waals surface area (Å²) in [6, 6.07) is 0. The fourth-order valence-corrected chi connectivity index (χ4v) is 2.33. The van der Waals surface area contributed by atoms with Crippen LogP contribution in [0.2, 0.25) is 0 Å². The molecule has 1 fully saturated rings. The highest BCUT2D eigenvalue weighted by Gasteiger charge is 2.44. The molecular formula is C12H26N2O. The Morgan fingerprint density at radius 2 is 1.87 bits per heavy atom. The van der Waals surface area contributed by atoms with Gasteiger partial charge in [0.15, 0.2) is 0 Å². The van der Waals surface area contributed by atoms with E-state index in [2.05, 4.69) is 25.7 Å². The minimum absolute atomic E-state index is 0.161. The quantitative estimate of drug-likeness (QED) is 0.739. The van der Waals surface area contributed by atoms with Gasteiger partial charge in [-0.05, 0) is 25.8 Å². The van der Waals surface area contributed by atoms with Gasteiger partial charge >= 0.3 is 0 Å². The van der Waals surface area contributed by atoms with Gasteiger partial charge in [-0.1, -0.05) is 20.8 Å². The molecule has 0 aromatic rings. The predicted octanol–water partition coefficient (Wildman–Crippen LogP) is 1.21. The molecule has 0 spiro atoms. The van der Waals surface area contributed by atoms with Crippen molar-refractivity contribution < 1.29 is 5.11 Å². The maximum Gasteiger partial charge on any atom is 0.0734 e. The molecule has 0 aromatic carbocycles. The first kappa shape index (κ1) is 12.9. The molecule has 15 heavy (non-hydrogen) atoms. The second kappa shape index (κ2) is 4.81. The van der Waals surface area contributed by atoms with Gasteiger partial charge < -0.3 is 15.7 Å². The maximum atomic E-state index is 10.6. The van der Waals surface area contributed by atoms with Crippen molar-refractivity contribution in [2.24, 2.45) is 11.1 Å². The van der Waals surface area contributed by atoms with Crippen LogP contribution in [0.3, 0.4) is 0 Å². The molecule has 0 unspecified atom stereocenters. The normalized spacial score (nSPS) is 23.0. The smallest absolute Gasteiger partial charge is 0.0734 e. The van der Waals surface area contributed by atoms with Crippen molar-refractivity contribution in [1.82, 2.24) is 4.90 Å². The summed E-state index contributed by atoms with van der Waals surface area (Å²) in [6.07, 6.45) is 2.91. The van der Waals surface area contributed by atoms with Gasteiger partial charge in [0.2, 0.25) is 0 Å². The van der Waals surface area contributed by atoms with Crippen molar-refractivity contribution in [3.63, 3.8) is 0 Å². The first-order valence-electron chi connectivity index (χ1n) is 6.10. The van der Waals surface area contributed by atoms with Gasteiger partial charge in [0.25, 0.3) is 0 Å². The van der Waals surface area contributed by atoms with Crippen molar-refractivity contribution in [1.29, 1.82) is 0 Å². The zero-order valence-electron chi connectivity index (χ0n) is 10.4. The van der Waals surface area contributed by atoms with Crippen molar-refractivity contribution >= 4 is 0 Å². The summed E-state index contributed by atoms with van der Waals surface area (Å²) in [6.45, 7) is 10.1. The topological polar surface area (TPSA) is 49.5 Å². The van der Waals surface area contributed by atoms with Crippen LogP contribution in [0.25, 0.3) is 0 Å². The maximum absolute atomic E-state index is 10.6. The van der Waals surface area contributed by atoms with Crippen LogP contribution in [0.4, 0.5) is 0 Å². The Labute approximate surface area is 93.6 Å². The second-order valence-electron chi connectivity index (χ2n) is 5.46. The largest absolute Gasteiger partial charge is 0.389 e. The van der Waals surface area contributed by atoms with Crippen molar-refractivity contribution in [3.05, 3.63) is 0 Å². The summed E-state index contributed by atoms with van der Waals surface area (Å²) < 4.78 is 0. The van der Waals surface area contributed by atoms with E-state index in [1.807, 2.05) is 0 Å². The van der Waals surface area contributed by atoms with Crippen LogP contribution in [0.15, 0.2) is 0 Å². The zero-order chi connectivity index (χ0) is 11.5. The molecule has 1 rings (SSSR count). The first-order chi connectivity index (χ1) is 6.95. The van der Waals surface area contributed by atoms with E-state index in [0.29, 0.717) is 6.54 Å². The van der Waals surface area contributed by atoms with Crippen LogP contribution < -0.4 is 5.73 Å². The van der Waals surface area contributed by atoms with Crippen LogP contribution in [0.1, 0.15) is 40.0 Å². The Morgan fingerprint density at radius 1 is 1.33 bits per heavy atom. The molecule has 3 nitrogen and oxygen atoms in total. The molecule has 0 amide bonds. The lowest BCUT2D eigenvalue weighted by molar-refractivity contribution is -0.102. The number of likely N-dealkylation sites (tertiary alicyclic amines) is 1. The Morgan fingerprint density at radius 3 is 2.27 bits per heavy atom. The van der Waals surface area contributed by atoms with E-state index in [-0.39, 0.29) is 5.41 Å². The minimum atomic E-state index is -0.564. The lowest BCUT2D eigenvalue weighted by Gasteiger charge is -2.47. The van der Waals surface area contributed by atoms with Gasteiger partial charge in [-0.15, -0.1) is 0 Å². The van der Waals surface area contributed by atoms with Crippen LogP contribution in [-0.4, -0.2) is 41.8 Å². The molecule has 0 atom stereocenters. The van der Waals surface area contributed by atoms with Crippen LogP contribution in [0.5, 0.6) is 0 Å². The average Bonchev–Trinajstić information content (AvgIpc) is 2.22. The summed E-state index contributed by atoms with van der Waals surface area (Å²) >= 11 is 0. The molecule has 1 heterocycles. The monoisotopic (exact) mass is 214 g/mol. The van der Waals surface area contributed by atoms with Gasteiger partial charge in [-0.3, -0.25) is 0 Å². The number of hydrogen-bond donors (Lipinski definition) is 2. The number of piperidine rings is 1. The van der Waals surface area contributed by atoms with E-state index in [9.17, 15) is 5.11 Å². The number of nitrogens with zero attached hydrogens (tertiary/aromatic N) is 1. The summed E-state index contributed by atoms with van der Waals surface area (Å²) in [7, 11) is 0. The lowest BCUT2D eigenvalue weighted by atomic mass is 9.69. The minimum Gasteiger partial charge on any atom is -0.389 e. The molecule has 0 saturated carbocycles. The molecule has 90 valence electrons. The Hall–Kier alpha value is -0.120. The van der Waals surface area contributed by atoms with Crippen molar-refractivity contribution in [2.75, 3.05) is 26.2 Å². The summed E-state index contributed by atoms with van der Waals surface area (Å²) in [4.78, 5) is 2.43. The second-order valence-corrected chi connectivity index (χ2v) is 5.46. The standard InChI is InChI=1S/C12H26N2O/c1-4-7-14-8-5-12(15,6-9-14)11(2,3)10-13/h15H,4-10,13H2,1-3H3. The third kappa shape index (κ3) is 2.71. The average molecular weight is 214 g/mol. The van der Waals surface area contributed by atoms with Gasteiger partial charge in [0.05, 0.1) is 5.60 Å². The van der Waals surface area contributed by atoms with Gasteiger partial charge in [0.1, 0.15) is 0 Å². The molecule has 3 N–H and O–H groups in total. The van der Waals surface area contributed by atoms with Gasteiger partial charge in [-0.2, -0.15) is 0 Å². The van der Waals surface area contributed by atoms with E-state index < -0.39 is 5.60 Å². The fourth-order valence-electron chi connectivity index (χ4n) is 2.33. The molecule has 0 aliphatic carbocycles. The van der Waals surface area contributed by atoms with Gasteiger partial charge in [-0.25, -0.2) is 0 Å². The van der Waals surface area contributed by atoms with Crippen LogP contribution in [0, 0.1) is 5.41 Å². The fraction of sp³-hybridized carbons (Fsp3) is 1.00. The third-order valence-electron chi connectivity index (χ3n) is 3.99. The third-order valence-corrected chi connectivity index (χ3v) is 3.99. The number of rotatable bonds is 4. The predicted molar refractivity (Wildman–Crippen MR) is 63.8 cm³/mol. The molecule has 3 heteroatoms. The molecule has 1 aliphatic rings. The highest BCUT2D eigenvalue weighted by Crippen LogP contribution is 2.38.